The molecule has 92 valence electrons. The van der Waals surface area contributed by atoms with E-state index in [1.807, 2.05) is 0 Å². The third-order valence-corrected chi connectivity index (χ3v) is 2.13. The van der Waals surface area contributed by atoms with Crippen molar-refractivity contribution in [2.24, 2.45) is 0 Å². The molecule has 1 aromatic carbocycles. The monoisotopic (exact) mass is 277 g/mol. The van der Waals surface area contributed by atoms with Gasteiger partial charge in [0.15, 0.2) is 5.11 Å². The van der Waals surface area contributed by atoms with Crippen LogP contribution in [0.15, 0.2) is 18.2 Å². The Morgan fingerprint density at radius 2 is 2.18 bits per heavy atom. The number of rotatable bonds is 1. The number of carbonyl (C=O) groups is 1. The molecule has 0 aliphatic carbocycles. The maximum atomic E-state index is 12.9. The van der Waals surface area contributed by atoms with Crippen LogP contribution in [0.1, 0.15) is 0 Å². The van der Waals surface area contributed by atoms with Gasteiger partial charge in [0.05, 0.1) is 12.1 Å². The summed E-state index contributed by atoms with van der Waals surface area (Å²) < 4.78 is 17.2. The maximum Gasteiger partial charge on any atom is 0.425 e. The fraction of sp³-hybridized carbons (Fsp3) is 0.111. The van der Waals surface area contributed by atoms with Gasteiger partial charge in [0.25, 0.3) is 0 Å². The first kappa shape index (κ1) is 13.5. The minimum absolute atomic E-state index is 0.0290. The molecule has 8 heteroatoms. The highest BCUT2D eigenvalue weighted by molar-refractivity contribution is 7.80. The lowest BCUT2D eigenvalue weighted by molar-refractivity contribution is 0.169. The number of carbonyl (C=O) groups excluding carboxylic acids is 1. The molecule has 0 bridgehead atoms. The van der Waals surface area contributed by atoms with Gasteiger partial charge in [-0.1, -0.05) is 11.6 Å². The second-order valence-corrected chi connectivity index (χ2v) is 3.64. The van der Waals surface area contributed by atoms with Gasteiger partial charge in [-0.05, 0) is 30.4 Å². The number of halogens is 2. The summed E-state index contributed by atoms with van der Waals surface area (Å²) in [4.78, 5) is 10.7. The Bertz CT molecular complexity index is 444. The molecule has 0 fully saturated rings. The standard InChI is InChI=1S/C9H9ClFN3O2S/c1-16-9(15)14-13-8(17)12-5-2-3-7(11)6(10)4-5/h2-4H,1H3,(H,14,15)(H2,12,13,17). The smallest absolute Gasteiger partial charge is 0.425 e. The average molecular weight is 278 g/mol. The molecule has 0 spiro atoms. The Kier molecular flexibility index (Phi) is 4.92. The summed E-state index contributed by atoms with van der Waals surface area (Å²) in [5, 5.41) is 2.77. The summed E-state index contributed by atoms with van der Waals surface area (Å²) in [5.41, 5.74) is 5.02. The molecule has 0 aliphatic heterocycles. The van der Waals surface area contributed by atoms with Gasteiger partial charge in [0, 0.05) is 5.69 Å². The number of benzene rings is 1. The second-order valence-electron chi connectivity index (χ2n) is 2.82. The normalized spacial score (nSPS) is 9.35. The van der Waals surface area contributed by atoms with E-state index in [-0.39, 0.29) is 10.1 Å². The van der Waals surface area contributed by atoms with E-state index in [1.165, 1.54) is 25.3 Å². The number of thiocarbonyl (C=S) groups is 1. The minimum Gasteiger partial charge on any atom is -0.452 e. The predicted octanol–water partition coefficient (Wildman–Crippen LogP) is 2.04. The van der Waals surface area contributed by atoms with Gasteiger partial charge in [0.1, 0.15) is 5.82 Å². The van der Waals surface area contributed by atoms with Gasteiger partial charge in [0.2, 0.25) is 0 Å². The lowest BCUT2D eigenvalue weighted by atomic mass is 10.3. The van der Waals surface area contributed by atoms with E-state index in [4.69, 9.17) is 23.8 Å². The largest absolute Gasteiger partial charge is 0.452 e. The molecule has 17 heavy (non-hydrogen) atoms. The number of amides is 1. The summed E-state index contributed by atoms with van der Waals surface area (Å²) >= 11 is 10.4. The highest BCUT2D eigenvalue weighted by Gasteiger charge is 2.03. The Balaban J connectivity index is 2.50. The van der Waals surface area contributed by atoms with E-state index < -0.39 is 11.9 Å². The van der Waals surface area contributed by atoms with Crippen molar-refractivity contribution in [1.29, 1.82) is 0 Å². The Morgan fingerprint density at radius 1 is 1.47 bits per heavy atom. The van der Waals surface area contributed by atoms with Crippen LogP contribution >= 0.6 is 23.8 Å². The van der Waals surface area contributed by atoms with Crippen LogP contribution in [0.4, 0.5) is 14.9 Å². The summed E-state index contributed by atoms with van der Waals surface area (Å²) in [5.74, 6) is -0.524. The number of ether oxygens (including phenoxy) is 1. The van der Waals surface area contributed by atoms with E-state index >= 15 is 0 Å². The topological polar surface area (TPSA) is 62.4 Å². The summed E-state index contributed by atoms with van der Waals surface area (Å²) in [6.45, 7) is 0. The zero-order valence-corrected chi connectivity index (χ0v) is 10.3. The Labute approximate surface area is 107 Å². The van der Waals surface area contributed by atoms with Gasteiger partial charge in [-0.3, -0.25) is 5.43 Å². The van der Waals surface area contributed by atoms with E-state index in [0.717, 1.165) is 0 Å². The van der Waals surface area contributed by atoms with Crippen molar-refractivity contribution in [3.05, 3.63) is 29.0 Å². The average Bonchev–Trinajstić information content (AvgIpc) is 2.31. The van der Waals surface area contributed by atoms with Crippen LogP contribution in [-0.2, 0) is 4.74 Å². The van der Waals surface area contributed by atoms with Gasteiger partial charge in [-0.25, -0.2) is 14.6 Å². The van der Waals surface area contributed by atoms with Crippen LogP contribution in [-0.4, -0.2) is 18.3 Å². The molecule has 1 amide bonds. The predicted molar refractivity (Wildman–Crippen MR) is 66.3 cm³/mol. The molecular weight excluding hydrogens is 269 g/mol. The SMILES string of the molecule is COC(=O)NNC(=S)Nc1ccc(F)c(Cl)c1. The van der Waals surface area contributed by atoms with Crippen LogP contribution in [0.3, 0.4) is 0 Å². The third-order valence-electron chi connectivity index (χ3n) is 1.64. The zero-order chi connectivity index (χ0) is 12.8. The molecule has 5 nitrogen and oxygen atoms in total. The molecule has 0 heterocycles. The maximum absolute atomic E-state index is 12.9. The molecule has 1 aromatic rings. The molecular formula is C9H9ClFN3O2S. The molecule has 0 atom stereocenters. The van der Waals surface area contributed by atoms with Crippen molar-refractivity contribution in [1.82, 2.24) is 10.9 Å². The van der Waals surface area contributed by atoms with Crippen LogP contribution in [0.25, 0.3) is 0 Å². The number of nitrogens with one attached hydrogen (secondary N) is 3. The van der Waals surface area contributed by atoms with E-state index in [0.29, 0.717) is 5.69 Å². The highest BCUT2D eigenvalue weighted by atomic mass is 35.5. The Morgan fingerprint density at radius 3 is 2.76 bits per heavy atom. The lowest BCUT2D eigenvalue weighted by Gasteiger charge is -2.10. The molecule has 0 saturated heterocycles. The lowest BCUT2D eigenvalue weighted by Crippen LogP contribution is -2.43. The quantitative estimate of drug-likeness (QED) is 0.542. The summed E-state index contributed by atoms with van der Waals surface area (Å²) in [6, 6.07) is 4.01. The fourth-order valence-corrected chi connectivity index (χ4v) is 1.24. The number of hydrogen-bond donors (Lipinski definition) is 3. The van der Waals surface area contributed by atoms with E-state index in [1.54, 1.807) is 0 Å². The van der Waals surface area contributed by atoms with Gasteiger partial charge < -0.3 is 10.1 Å². The van der Waals surface area contributed by atoms with Gasteiger partial charge >= 0.3 is 6.09 Å². The number of hydrazine groups is 1. The molecule has 1 rings (SSSR count). The van der Waals surface area contributed by atoms with Crippen LogP contribution in [0, 0.1) is 5.82 Å². The first-order chi connectivity index (χ1) is 8.02. The van der Waals surface area contributed by atoms with Crippen LogP contribution in [0.5, 0.6) is 0 Å². The van der Waals surface area contributed by atoms with Crippen molar-refractivity contribution >= 4 is 40.7 Å². The third kappa shape index (κ3) is 4.41. The summed E-state index contributed by atoms with van der Waals surface area (Å²) in [6.07, 6.45) is -0.689. The second kappa shape index (κ2) is 6.21. The zero-order valence-electron chi connectivity index (χ0n) is 8.71. The molecule has 0 unspecified atom stereocenters. The molecule has 0 aliphatic rings. The van der Waals surface area contributed by atoms with Crippen molar-refractivity contribution in [2.75, 3.05) is 12.4 Å². The number of methoxy groups -OCH3 is 1. The summed E-state index contributed by atoms with van der Waals surface area (Å²) in [7, 11) is 1.22. The van der Waals surface area contributed by atoms with Crippen molar-refractivity contribution in [3.8, 4) is 0 Å². The van der Waals surface area contributed by atoms with Crippen molar-refractivity contribution < 1.29 is 13.9 Å². The highest BCUT2D eigenvalue weighted by Crippen LogP contribution is 2.19. The fourth-order valence-electron chi connectivity index (χ4n) is 0.895. The minimum atomic E-state index is -0.689. The Hall–Kier alpha value is -1.60. The molecule has 0 aromatic heterocycles. The van der Waals surface area contributed by atoms with Crippen molar-refractivity contribution in [2.45, 2.75) is 0 Å². The van der Waals surface area contributed by atoms with Gasteiger partial charge in [-0.15, -0.1) is 0 Å². The number of hydrogen-bond acceptors (Lipinski definition) is 3. The molecule has 3 N–H and O–H groups in total. The molecule has 0 radical (unpaired) electrons. The molecule has 0 saturated carbocycles. The van der Waals surface area contributed by atoms with E-state index in [2.05, 4.69) is 20.9 Å². The first-order valence-corrected chi connectivity index (χ1v) is 5.17. The van der Waals surface area contributed by atoms with Gasteiger partial charge in [-0.2, -0.15) is 0 Å². The van der Waals surface area contributed by atoms with E-state index in [9.17, 15) is 9.18 Å². The first-order valence-electron chi connectivity index (χ1n) is 4.39. The number of anilines is 1. The van der Waals surface area contributed by atoms with Crippen molar-refractivity contribution in [3.63, 3.8) is 0 Å². The van der Waals surface area contributed by atoms with Crippen LogP contribution in [0.2, 0.25) is 5.02 Å². The van der Waals surface area contributed by atoms with Crippen LogP contribution < -0.4 is 16.2 Å².